The maximum atomic E-state index is 14.6. The van der Waals surface area contributed by atoms with Crippen LogP contribution in [-0.4, -0.2) is 43.3 Å². The van der Waals surface area contributed by atoms with E-state index in [0.717, 1.165) is 32.1 Å². The van der Waals surface area contributed by atoms with Gasteiger partial charge in [0.15, 0.2) is 0 Å². The summed E-state index contributed by atoms with van der Waals surface area (Å²) in [6.07, 6.45) is 0.244. The number of amides is 2. The van der Waals surface area contributed by atoms with E-state index in [1.54, 1.807) is 12.1 Å². The average molecular weight is 660 g/mol. The lowest BCUT2D eigenvalue weighted by Gasteiger charge is -2.35. The summed E-state index contributed by atoms with van der Waals surface area (Å²) >= 11 is 6.08. The Hall–Kier alpha value is -4.14. The van der Waals surface area contributed by atoms with Crippen LogP contribution in [-0.2, 0) is 32.6 Å². The Morgan fingerprint density at radius 2 is 1.43 bits per heavy atom. The van der Waals surface area contributed by atoms with Crippen LogP contribution in [0.2, 0.25) is 5.02 Å². The van der Waals surface area contributed by atoms with E-state index in [2.05, 4.69) is 5.32 Å². The molecule has 242 valence electrons. The molecule has 0 spiro atoms. The summed E-state index contributed by atoms with van der Waals surface area (Å²) in [5.41, 5.74) is 4.40. The second kappa shape index (κ2) is 14.5. The number of carbonyl (C=O) groups excluding carboxylic acids is 2. The number of nitrogens with zero attached hydrogens (tertiary/aromatic N) is 2. The van der Waals surface area contributed by atoms with E-state index in [1.807, 2.05) is 102 Å². The van der Waals surface area contributed by atoms with Gasteiger partial charge in [0.2, 0.25) is 11.8 Å². The quantitative estimate of drug-likeness (QED) is 0.188. The molecular weight excluding hydrogens is 618 g/mol. The Labute approximate surface area is 278 Å². The molecule has 9 heteroatoms. The van der Waals surface area contributed by atoms with Gasteiger partial charge in [-0.05, 0) is 100 Å². The first-order valence-corrected chi connectivity index (χ1v) is 17.0. The van der Waals surface area contributed by atoms with Crippen molar-refractivity contribution in [2.24, 2.45) is 0 Å². The second-order valence-corrected chi connectivity index (χ2v) is 15.0. The summed E-state index contributed by atoms with van der Waals surface area (Å²) in [6.45, 7) is 11.1. The average Bonchev–Trinajstić information content (AvgIpc) is 2.99. The lowest BCUT2D eigenvalue weighted by Crippen LogP contribution is -2.56. The number of anilines is 1. The summed E-state index contributed by atoms with van der Waals surface area (Å²) in [7, 11) is -4.21. The van der Waals surface area contributed by atoms with Crippen LogP contribution < -0.4 is 9.62 Å². The number of benzene rings is 4. The Kier molecular flexibility index (Phi) is 11.0. The van der Waals surface area contributed by atoms with E-state index in [4.69, 9.17) is 11.6 Å². The van der Waals surface area contributed by atoms with Crippen molar-refractivity contribution in [3.63, 3.8) is 0 Å². The molecule has 0 aliphatic carbocycles. The van der Waals surface area contributed by atoms with E-state index < -0.39 is 34.1 Å². The van der Waals surface area contributed by atoms with Gasteiger partial charge in [-0.15, -0.1) is 0 Å². The van der Waals surface area contributed by atoms with Crippen LogP contribution in [0.15, 0.2) is 102 Å². The summed E-state index contributed by atoms with van der Waals surface area (Å²) < 4.78 is 29.5. The van der Waals surface area contributed by atoms with Crippen LogP contribution in [0.3, 0.4) is 0 Å². The summed E-state index contributed by atoms with van der Waals surface area (Å²) in [5.74, 6) is -0.837. The Bertz CT molecular complexity index is 1770. The fourth-order valence-electron chi connectivity index (χ4n) is 5.04. The van der Waals surface area contributed by atoms with E-state index in [-0.39, 0.29) is 23.8 Å². The number of hydrogen-bond acceptors (Lipinski definition) is 4. The molecule has 7 nitrogen and oxygen atoms in total. The first kappa shape index (κ1) is 34.7. The Morgan fingerprint density at radius 1 is 0.804 bits per heavy atom. The maximum Gasteiger partial charge on any atom is 0.264 e. The molecule has 0 saturated carbocycles. The summed E-state index contributed by atoms with van der Waals surface area (Å²) in [5, 5.41) is 3.45. The normalized spacial score (nSPS) is 12.3. The van der Waals surface area contributed by atoms with E-state index in [0.29, 0.717) is 10.7 Å². The molecule has 0 aromatic heterocycles. The molecule has 2 amide bonds. The van der Waals surface area contributed by atoms with Crippen LogP contribution in [0.4, 0.5) is 5.69 Å². The standard InChI is InChI=1S/C37H42ClN3O4S/c1-26-12-15-30(16-13-26)24-40(34(36(43)39-37(4,5)6)23-29-10-8-7-9-11-29)35(42)25-41(32-19-14-27(2)28(3)22-32)46(44,45)33-20-17-31(38)18-21-33/h7-22,34H,23-25H2,1-6H3,(H,39,43)/t34-/m0/s1. The van der Waals surface area contributed by atoms with Crippen molar-refractivity contribution in [2.45, 2.75) is 71.0 Å². The summed E-state index contributed by atoms with van der Waals surface area (Å²) in [6, 6.07) is 27.5. The minimum absolute atomic E-state index is 0.000626. The third kappa shape index (κ3) is 8.98. The summed E-state index contributed by atoms with van der Waals surface area (Å²) in [4.78, 5) is 30.1. The van der Waals surface area contributed by atoms with Crippen molar-refractivity contribution in [2.75, 3.05) is 10.8 Å². The van der Waals surface area contributed by atoms with Crippen molar-refractivity contribution in [1.82, 2.24) is 10.2 Å². The highest BCUT2D eigenvalue weighted by Crippen LogP contribution is 2.28. The molecule has 4 rings (SSSR count). The fraction of sp³-hybridized carbons (Fsp3) is 0.297. The number of halogens is 1. The highest BCUT2D eigenvalue weighted by atomic mass is 35.5. The van der Waals surface area contributed by atoms with E-state index >= 15 is 0 Å². The molecule has 4 aromatic rings. The lowest BCUT2D eigenvalue weighted by molar-refractivity contribution is -0.140. The van der Waals surface area contributed by atoms with Crippen LogP contribution in [0.25, 0.3) is 0 Å². The molecular formula is C37H42ClN3O4S. The fourth-order valence-corrected chi connectivity index (χ4v) is 6.57. The molecule has 0 heterocycles. The smallest absolute Gasteiger partial charge is 0.264 e. The topological polar surface area (TPSA) is 86.8 Å². The van der Waals surface area contributed by atoms with E-state index in [9.17, 15) is 18.0 Å². The van der Waals surface area contributed by atoms with Gasteiger partial charge in [-0.2, -0.15) is 0 Å². The van der Waals surface area contributed by atoms with Crippen LogP contribution in [0.5, 0.6) is 0 Å². The number of aryl methyl sites for hydroxylation is 3. The second-order valence-electron chi connectivity index (χ2n) is 12.7. The molecule has 4 aromatic carbocycles. The van der Waals surface area contributed by atoms with Gasteiger partial charge in [-0.3, -0.25) is 13.9 Å². The molecule has 0 saturated heterocycles. The van der Waals surface area contributed by atoms with E-state index in [1.165, 1.54) is 29.2 Å². The minimum Gasteiger partial charge on any atom is -0.350 e. The van der Waals surface area contributed by atoms with Crippen LogP contribution in [0.1, 0.15) is 48.6 Å². The monoisotopic (exact) mass is 659 g/mol. The molecule has 0 fully saturated rings. The predicted molar refractivity (Wildman–Crippen MR) is 185 cm³/mol. The molecule has 0 radical (unpaired) electrons. The number of hydrogen-bond donors (Lipinski definition) is 1. The molecule has 0 aliphatic heterocycles. The van der Waals surface area contributed by atoms with Crippen LogP contribution >= 0.6 is 11.6 Å². The highest BCUT2D eigenvalue weighted by Gasteiger charge is 2.35. The number of rotatable bonds is 11. The first-order valence-electron chi connectivity index (χ1n) is 15.2. The third-order valence-electron chi connectivity index (χ3n) is 7.70. The molecule has 46 heavy (non-hydrogen) atoms. The van der Waals surface area contributed by atoms with Crippen molar-refractivity contribution in [3.05, 3.63) is 130 Å². The van der Waals surface area contributed by atoms with Crippen LogP contribution in [0, 0.1) is 20.8 Å². The molecule has 1 atom stereocenters. The van der Waals surface area contributed by atoms with Gasteiger partial charge >= 0.3 is 0 Å². The Balaban J connectivity index is 1.83. The third-order valence-corrected chi connectivity index (χ3v) is 9.74. The van der Waals surface area contributed by atoms with Crippen molar-refractivity contribution >= 4 is 39.1 Å². The van der Waals surface area contributed by atoms with Gasteiger partial charge in [0.05, 0.1) is 10.6 Å². The minimum atomic E-state index is -4.21. The predicted octanol–water partition coefficient (Wildman–Crippen LogP) is 7.02. The molecule has 0 aliphatic rings. The SMILES string of the molecule is Cc1ccc(CN(C(=O)CN(c2ccc(C)c(C)c2)S(=O)(=O)c2ccc(Cl)cc2)[C@@H](Cc2ccccc2)C(=O)NC(C)(C)C)cc1. The zero-order valence-corrected chi connectivity index (χ0v) is 28.8. The first-order chi connectivity index (χ1) is 21.6. The largest absolute Gasteiger partial charge is 0.350 e. The van der Waals surface area contributed by atoms with Crippen molar-refractivity contribution in [1.29, 1.82) is 0 Å². The zero-order chi connectivity index (χ0) is 33.6. The molecule has 0 unspecified atom stereocenters. The maximum absolute atomic E-state index is 14.6. The number of nitrogens with one attached hydrogen (secondary N) is 1. The van der Waals surface area contributed by atoms with Gasteiger partial charge in [0.1, 0.15) is 12.6 Å². The van der Waals surface area contributed by atoms with Gasteiger partial charge in [0, 0.05) is 23.5 Å². The number of carbonyl (C=O) groups is 2. The van der Waals surface area contributed by atoms with Gasteiger partial charge in [-0.1, -0.05) is 77.8 Å². The Morgan fingerprint density at radius 3 is 2.02 bits per heavy atom. The molecule has 0 bridgehead atoms. The molecule has 1 N–H and O–H groups in total. The highest BCUT2D eigenvalue weighted by molar-refractivity contribution is 7.92. The zero-order valence-electron chi connectivity index (χ0n) is 27.2. The van der Waals surface area contributed by atoms with Gasteiger partial charge < -0.3 is 10.2 Å². The van der Waals surface area contributed by atoms with Gasteiger partial charge in [0.25, 0.3) is 10.0 Å². The lowest BCUT2D eigenvalue weighted by atomic mass is 10.0. The van der Waals surface area contributed by atoms with Crippen molar-refractivity contribution in [3.8, 4) is 0 Å². The van der Waals surface area contributed by atoms with Gasteiger partial charge in [-0.25, -0.2) is 8.42 Å². The van der Waals surface area contributed by atoms with Crippen molar-refractivity contribution < 1.29 is 18.0 Å². The number of sulfonamides is 1.